The van der Waals surface area contributed by atoms with E-state index in [1.807, 2.05) is 0 Å². The van der Waals surface area contributed by atoms with Crippen LogP contribution in [0.15, 0.2) is 16.8 Å². The zero-order valence-electron chi connectivity index (χ0n) is 9.69. The fourth-order valence-electron chi connectivity index (χ4n) is 2.93. The van der Waals surface area contributed by atoms with Gasteiger partial charge in [-0.25, -0.2) is 0 Å². The van der Waals surface area contributed by atoms with Crippen LogP contribution in [0.5, 0.6) is 0 Å². The number of ether oxygens (including phenoxy) is 1. The number of nitrogens with one attached hydrogen (secondary N) is 1. The van der Waals surface area contributed by atoms with Crippen LogP contribution in [-0.4, -0.2) is 18.8 Å². The Morgan fingerprint density at radius 1 is 1.56 bits per heavy atom. The Bertz CT molecular complexity index is 338. The highest BCUT2D eigenvalue weighted by Crippen LogP contribution is 2.38. The average Bonchev–Trinajstić information content (AvgIpc) is 3.01. The molecule has 2 aliphatic rings. The summed E-state index contributed by atoms with van der Waals surface area (Å²) in [5.74, 6) is 0.750. The summed E-state index contributed by atoms with van der Waals surface area (Å²) in [6.45, 7) is 3.36. The second kappa shape index (κ2) is 4.47. The van der Waals surface area contributed by atoms with Gasteiger partial charge in [0, 0.05) is 18.5 Å². The zero-order valence-corrected chi connectivity index (χ0v) is 10.5. The maximum atomic E-state index is 5.87. The van der Waals surface area contributed by atoms with Gasteiger partial charge < -0.3 is 10.1 Å². The van der Waals surface area contributed by atoms with Gasteiger partial charge in [-0.3, -0.25) is 0 Å². The van der Waals surface area contributed by atoms with Crippen molar-refractivity contribution in [3.05, 3.63) is 22.4 Å². The Labute approximate surface area is 101 Å². The molecule has 0 aromatic carbocycles. The van der Waals surface area contributed by atoms with Crippen LogP contribution in [0.1, 0.15) is 37.8 Å². The van der Waals surface area contributed by atoms with E-state index in [2.05, 4.69) is 29.1 Å². The molecule has 4 atom stereocenters. The molecule has 3 heteroatoms. The van der Waals surface area contributed by atoms with Gasteiger partial charge in [0.1, 0.15) is 0 Å². The minimum absolute atomic E-state index is 0.477. The molecular weight excluding hydrogens is 218 g/mol. The SMILES string of the molecule is CC(NCC1CC2CCC1O2)c1ccsc1. The minimum Gasteiger partial charge on any atom is -0.375 e. The molecule has 0 amide bonds. The van der Waals surface area contributed by atoms with Crippen LogP contribution in [-0.2, 0) is 4.74 Å². The normalized spacial score (nSPS) is 34.4. The van der Waals surface area contributed by atoms with Gasteiger partial charge in [0.05, 0.1) is 12.2 Å². The Kier molecular flexibility index (Phi) is 3.01. The molecule has 4 unspecified atom stereocenters. The van der Waals surface area contributed by atoms with Gasteiger partial charge in [-0.15, -0.1) is 0 Å². The maximum Gasteiger partial charge on any atom is 0.0621 e. The topological polar surface area (TPSA) is 21.3 Å². The lowest BCUT2D eigenvalue weighted by Crippen LogP contribution is -2.30. The molecule has 2 aliphatic heterocycles. The molecule has 0 saturated carbocycles. The molecule has 3 heterocycles. The Balaban J connectivity index is 1.50. The van der Waals surface area contributed by atoms with Crippen molar-refractivity contribution in [2.45, 2.75) is 44.4 Å². The largest absolute Gasteiger partial charge is 0.375 e. The molecule has 0 aliphatic carbocycles. The summed E-state index contributed by atoms with van der Waals surface area (Å²) in [7, 11) is 0. The first-order chi connectivity index (χ1) is 7.83. The lowest BCUT2D eigenvalue weighted by Gasteiger charge is -2.21. The van der Waals surface area contributed by atoms with Crippen LogP contribution < -0.4 is 5.32 Å². The third-order valence-electron chi connectivity index (χ3n) is 3.96. The van der Waals surface area contributed by atoms with Crippen LogP contribution >= 0.6 is 11.3 Å². The molecule has 2 bridgehead atoms. The standard InChI is InChI=1S/C13H19NOS/c1-9(10-4-5-16-8-10)14-7-11-6-12-2-3-13(11)15-12/h4-5,8-9,11-14H,2-3,6-7H2,1H3. The quantitative estimate of drug-likeness (QED) is 0.869. The summed E-state index contributed by atoms with van der Waals surface area (Å²) >= 11 is 1.77. The van der Waals surface area contributed by atoms with Crippen molar-refractivity contribution in [2.24, 2.45) is 5.92 Å². The molecule has 1 aromatic rings. The first kappa shape index (κ1) is 10.8. The van der Waals surface area contributed by atoms with E-state index in [-0.39, 0.29) is 0 Å². The summed E-state index contributed by atoms with van der Waals surface area (Å²) < 4.78 is 5.87. The number of thiophene rings is 1. The predicted octanol–water partition coefficient (Wildman–Crippen LogP) is 2.97. The number of fused-ring (bicyclic) bond motifs is 2. The molecule has 88 valence electrons. The Morgan fingerprint density at radius 2 is 2.50 bits per heavy atom. The molecule has 1 N–H and O–H groups in total. The van der Waals surface area contributed by atoms with Crippen molar-refractivity contribution in [3.63, 3.8) is 0 Å². The second-order valence-corrected chi connectivity index (χ2v) is 5.84. The Hall–Kier alpha value is -0.380. The van der Waals surface area contributed by atoms with E-state index in [4.69, 9.17) is 4.74 Å². The van der Waals surface area contributed by atoms with Crippen LogP contribution in [0.25, 0.3) is 0 Å². The summed E-state index contributed by atoms with van der Waals surface area (Å²) in [5, 5.41) is 8.02. The van der Waals surface area contributed by atoms with Gasteiger partial charge in [0.15, 0.2) is 0 Å². The summed E-state index contributed by atoms with van der Waals surface area (Å²) in [6, 6.07) is 2.69. The van der Waals surface area contributed by atoms with Crippen LogP contribution in [0.2, 0.25) is 0 Å². The fraction of sp³-hybridized carbons (Fsp3) is 0.692. The fourth-order valence-corrected chi connectivity index (χ4v) is 3.68. The van der Waals surface area contributed by atoms with E-state index in [0.717, 1.165) is 12.5 Å². The molecular formula is C13H19NOS. The van der Waals surface area contributed by atoms with Gasteiger partial charge >= 0.3 is 0 Å². The lowest BCUT2D eigenvalue weighted by molar-refractivity contribution is 0.0920. The van der Waals surface area contributed by atoms with Crippen molar-refractivity contribution >= 4 is 11.3 Å². The number of rotatable bonds is 4. The Morgan fingerprint density at radius 3 is 3.12 bits per heavy atom. The van der Waals surface area contributed by atoms with Gasteiger partial charge in [-0.2, -0.15) is 11.3 Å². The first-order valence-electron chi connectivity index (χ1n) is 6.24. The van der Waals surface area contributed by atoms with E-state index in [1.165, 1.54) is 24.8 Å². The third kappa shape index (κ3) is 2.04. The monoisotopic (exact) mass is 237 g/mol. The second-order valence-electron chi connectivity index (χ2n) is 5.06. The zero-order chi connectivity index (χ0) is 11.0. The molecule has 16 heavy (non-hydrogen) atoms. The number of hydrogen-bond acceptors (Lipinski definition) is 3. The third-order valence-corrected chi connectivity index (χ3v) is 4.66. The molecule has 3 rings (SSSR count). The van der Waals surface area contributed by atoms with Crippen molar-refractivity contribution in [2.75, 3.05) is 6.54 Å². The van der Waals surface area contributed by atoms with Crippen LogP contribution in [0.4, 0.5) is 0 Å². The van der Waals surface area contributed by atoms with Crippen molar-refractivity contribution in [1.82, 2.24) is 5.32 Å². The van der Waals surface area contributed by atoms with Crippen molar-refractivity contribution < 1.29 is 4.74 Å². The number of hydrogen-bond donors (Lipinski definition) is 1. The summed E-state index contributed by atoms with van der Waals surface area (Å²) in [5.41, 5.74) is 1.41. The van der Waals surface area contributed by atoms with Gasteiger partial charge in [0.2, 0.25) is 0 Å². The minimum atomic E-state index is 0.477. The molecule has 1 aromatic heterocycles. The molecule has 2 saturated heterocycles. The highest BCUT2D eigenvalue weighted by Gasteiger charge is 2.40. The van der Waals surface area contributed by atoms with E-state index in [0.29, 0.717) is 18.2 Å². The van der Waals surface area contributed by atoms with Gasteiger partial charge in [-0.1, -0.05) is 0 Å². The summed E-state index contributed by atoms with van der Waals surface area (Å²) in [6.07, 6.45) is 4.97. The molecule has 2 fully saturated rings. The van der Waals surface area contributed by atoms with Gasteiger partial charge in [0.25, 0.3) is 0 Å². The molecule has 0 spiro atoms. The van der Waals surface area contributed by atoms with Crippen LogP contribution in [0, 0.1) is 5.92 Å². The van der Waals surface area contributed by atoms with E-state index >= 15 is 0 Å². The van der Waals surface area contributed by atoms with Crippen LogP contribution in [0.3, 0.4) is 0 Å². The van der Waals surface area contributed by atoms with Crippen molar-refractivity contribution in [3.8, 4) is 0 Å². The lowest BCUT2D eigenvalue weighted by atomic mass is 9.89. The summed E-state index contributed by atoms with van der Waals surface area (Å²) in [4.78, 5) is 0. The molecule has 2 nitrogen and oxygen atoms in total. The first-order valence-corrected chi connectivity index (χ1v) is 7.18. The molecule has 0 radical (unpaired) electrons. The maximum absolute atomic E-state index is 5.87. The van der Waals surface area contributed by atoms with E-state index in [1.54, 1.807) is 11.3 Å². The highest BCUT2D eigenvalue weighted by molar-refractivity contribution is 7.07. The van der Waals surface area contributed by atoms with E-state index < -0.39 is 0 Å². The van der Waals surface area contributed by atoms with Crippen molar-refractivity contribution in [1.29, 1.82) is 0 Å². The predicted molar refractivity (Wildman–Crippen MR) is 66.7 cm³/mol. The average molecular weight is 237 g/mol. The highest BCUT2D eigenvalue weighted by atomic mass is 32.1. The van der Waals surface area contributed by atoms with E-state index in [9.17, 15) is 0 Å². The smallest absolute Gasteiger partial charge is 0.0621 e. The van der Waals surface area contributed by atoms with Gasteiger partial charge in [-0.05, 0) is 48.6 Å².